The molecule has 1 atom stereocenters. The van der Waals surface area contributed by atoms with Crippen LogP contribution in [0.4, 0.5) is 0 Å². The molecule has 6 nitrogen and oxygen atoms in total. The van der Waals surface area contributed by atoms with Crippen molar-refractivity contribution in [1.29, 1.82) is 0 Å². The smallest absolute Gasteiger partial charge is 0.356 e. The summed E-state index contributed by atoms with van der Waals surface area (Å²) in [7, 11) is 1.37. The van der Waals surface area contributed by atoms with Gasteiger partial charge in [0.15, 0.2) is 0 Å². The van der Waals surface area contributed by atoms with E-state index in [0.717, 1.165) is 5.56 Å². The van der Waals surface area contributed by atoms with Crippen molar-refractivity contribution in [1.82, 2.24) is 9.55 Å². The minimum absolute atomic E-state index is 0.0274. The number of hydrogen-bond donors (Lipinski definition) is 0. The van der Waals surface area contributed by atoms with Crippen molar-refractivity contribution in [2.75, 3.05) is 7.11 Å². The first kappa shape index (κ1) is 16.2. The average molecular weight is 328 g/mol. The van der Waals surface area contributed by atoms with Crippen molar-refractivity contribution in [3.63, 3.8) is 0 Å². The molecular weight excluding hydrogens is 308 g/mol. The lowest BCUT2D eigenvalue weighted by Gasteiger charge is -2.32. The number of nitrogens with zero attached hydrogens (tertiary/aromatic N) is 2. The third-order valence-corrected chi connectivity index (χ3v) is 4.48. The molecule has 1 saturated carbocycles. The second-order valence-electron chi connectivity index (χ2n) is 5.99. The first-order valence-electron chi connectivity index (χ1n) is 7.95. The van der Waals surface area contributed by atoms with Crippen LogP contribution in [0.5, 0.6) is 0 Å². The second-order valence-corrected chi connectivity index (χ2v) is 5.99. The summed E-state index contributed by atoms with van der Waals surface area (Å²) in [5.41, 5.74) is 1.49. The third-order valence-electron chi connectivity index (χ3n) is 4.48. The molecule has 3 rings (SSSR count). The number of hydrogen-bond acceptors (Lipinski definition) is 5. The summed E-state index contributed by atoms with van der Waals surface area (Å²) < 4.78 is 12.0. The van der Waals surface area contributed by atoms with Gasteiger partial charge in [0.05, 0.1) is 31.6 Å². The van der Waals surface area contributed by atoms with Crippen LogP contribution in [0, 0.1) is 5.92 Å². The van der Waals surface area contributed by atoms with Crippen LogP contribution in [-0.2, 0) is 14.3 Å². The minimum Gasteiger partial charge on any atom is -0.469 e. The molecule has 1 fully saturated rings. The number of benzene rings is 1. The molecule has 2 aromatic rings. The number of ether oxygens (including phenoxy) is 2. The van der Waals surface area contributed by atoms with Gasteiger partial charge in [-0.15, -0.1) is 0 Å². The van der Waals surface area contributed by atoms with Gasteiger partial charge in [0.2, 0.25) is 0 Å². The van der Waals surface area contributed by atoms with E-state index < -0.39 is 5.97 Å². The zero-order chi connectivity index (χ0) is 17.1. The Balaban J connectivity index is 1.65. The third kappa shape index (κ3) is 3.18. The molecule has 1 aromatic heterocycles. The SMILES string of the molecule is COC(=O)C1CC(OC(=O)c2cncn2C(C)c2ccccc2)C1. The molecule has 0 spiro atoms. The number of imidazole rings is 1. The fourth-order valence-corrected chi connectivity index (χ4v) is 2.90. The van der Waals surface area contributed by atoms with Crippen molar-refractivity contribution in [2.45, 2.75) is 31.9 Å². The summed E-state index contributed by atoms with van der Waals surface area (Å²) in [5, 5.41) is 0. The molecule has 0 radical (unpaired) electrons. The lowest BCUT2D eigenvalue weighted by molar-refractivity contribution is -0.152. The largest absolute Gasteiger partial charge is 0.469 e. The number of esters is 2. The van der Waals surface area contributed by atoms with Gasteiger partial charge in [0.25, 0.3) is 0 Å². The van der Waals surface area contributed by atoms with Crippen molar-refractivity contribution in [3.05, 3.63) is 54.1 Å². The molecule has 0 aliphatic heterocycles. The molecule has 1 aromatic carbocycles. The normalized spacial score (nSPS) is 20.8. The Bertz CT molecular complexity index is 720. The van der Waals surface area contributed by atoms with Gasteiger partial charge < -0.3 is 14.0 Å². The quantitative estimate of drug-likeness (QED) is 0.789. The standard InChI is InChI=1S/C18H20N2O4/c1-12(13-6-4-3-5-7-13)20-11-19-10-16(20)18(22)24-15-8-14(9-15)17(21)23-2/h3-7,10-12,14-15H,8-9H2,1-2H3. The van der Waals surface area contributed by atoms with Gasteiger partial charge in [-0.3, -0.25) is 4.79 Å². The van der Waals surface area contributed by atoms with Crippen LogP contribution in [0.3, 0.4) is 0 Å². The van der Waals surface area contributed by atoms with Gasteiger partial charge in [-0.2, -0.15) is 0 Å². The van der Waals surface area contributed by atoms with Gasteiger partial charge in [-0.25, -0.2) is 9.78 Å². The van der Waals surface area contributed by atoms with Crippen LogP contribution < -0.4 is 0 Å². The molecule has 0 N–H and O–H groups in total. The van der Waals surface area contributed by atoms with E-state index in [1.54, 1.807) is 10.9 Å². The van der Waals surface area contributed by atoms with E-state index in [1.807, 2.05) is 37.3 Å². The van der Waals surface area contributed by atoms with E-state index in [9.17, 15) is 9.59 Å². The van der Waals surface area contributed by atoms with Gasteiger partial charge in [-0.1, -0.05) is 30.3 Å². The molecule has 0 amide bonds. The summed E-state index contributed by atoms with van der Waals surface area (Å²) >= 11 is 0. The minimum atomic E-state index is -0.413. The first-order chi connectivity index (χ1) is 11.6. The van der Waals surface area contributed by atoms with E-state index in [1.165, 1.54) is 13.3 Å². The van der Waals surface area contributed by atoms with E-state index in [-0.39, 0.29) is 24.0 Å². The fraction of sp³-hybridized carbons (Fsp3) is 0.389. The molecule has 1 unspecified atom stereocenters. The Morgan fingerprint density at radius 3 is 2.62 bits per heavy atom. The lowest BCUT2D eigenvalue weighted by atomic mass is 9.82. The number of carbonyl (C=O) groups excluding carboxylic acids is 2. The fourth-order valence-electron chi connectivity index (χ4n) is 2.90. The molecule has 0 saturated heterocycles. The lowest BCUT2D eigenvalue weighted by Crippen LogP contribution is -2.38. The predicted octanol–water partition coefficient (Wildman–Crippen LogP) is 2.60. The molecule has 24 heavy (non-hydrogen) atoms. The number of carbonyl (C=O) groups is 2. The highest BCUT2D eigenvalue weighted by Gasteiger charge is 2.38. The van der Waals surface area contributed by atoms with Gasteiger partial charge in [0.1, 0.15) is 11.8 Å². The Kier molecular flexibility index (Phi) is 4.64. The number of rotatable bonds is 5. The summed E-state index contributed by atoms with van der Waals surface area (Å²) in [5.74, 6) is -0.824. The van der Waals surface area contributed by atoms with E-state index in [4.69, 9.17) is 4.74 Å². The first-order valence-corrected chi connectivity index (χ1v) is 7.95. The number of aromatic nitrogens is 2. The molecule has 6 heteroatoms. The van der Waals surface area contributed by atoms with Crippen molar-refractivity contribution >= 4 is 11.9 Å². The monoisotopic (exact) mass is 328 g/mol. The Morgan fingerprint density at radius 2 is 1.96 bits per heavy atom. The van der Waals surface area contributed by atoms with Crippen LogP contribution in [0.1, 0.15) is 41.9 Å². The summed E-state index contributed by atoms with van der Waals surface area (Å²) in [4.78, 5) is 27.9. The molecule has 1 aliphatic rings. The van der Waals surface area contributed by atoms with Crippen molar-refractivity contribution in [2.24, 2.45) is 5.92 Å². The van der Waals surface area contributed by atoms with Crippen molar-refractivity contribution < 1.29 is 19.1 Å². The van der Waals surface area contributed by atoms with Crippen LogP contribution in [0.25, 0.3) is 0 Å². The van der Waals surface area contributed by atoms with Crippen LogP contribution in [-0.4, -0.2) is 34.7 Å². The average Bonchev–Trinajstić information content (AvgIpc) is 3.06. The maximum absolute atomic E-state index is 12.4. The predicted molar refractivity (Wildman–Crippen MR) is 86.4 cm³/mol. The maximum Gasteiger partial charge on any atom is 0.356 e. The second kappa shape index (κ2) is 6.86. The van der Waals surface area contributed by atoms with E-state index in [0.29, 0.717) is 18.5 Å². The van der Waals surface area contributed by atoms with Gasteiger partial charge in [-0.05, 0) is 25.3 Å². The zero-order valence-corrected chi connectivity index (χ0v) is 13.7. The van der Waals surface area contributed by atoms with Crippen LogP contribution >= 0.6 is 0 Å². The van der Waals surface area contributed by atoms with Crippen LogP contribution in [0.2, 0.25) is 0 Å². The van der Waals surface area contributed by atoms with E-state index in [2.05, 4.69) is 9.72 Å². The molecule has 126 valence electrons. The Morgan fingerprint density at radius 1 is 1.25 bits per heavy atom. The van der Waals surface area contributed by atoms with E-state index >= 15 is 0 Å². The maximum atomic E-state index is 12.4. The highest BCUT2D eigenvalue weighted by atomic mass is 16.5. The number of methoxy groups -OCH3 is 1. The molecule has 1 heterocycles. The summed E-state index contributed by atoms with van der Waals surface area (Å²) in [6.45, 7) is 2.00. The topological polar surface area (TPSA) is 70.4 Å². The Hall–Kier alpha value is -2.63. The molecular formula is C18H20N2O4. The summed E-state index contributed by atoms with van der Waals surface area (Å²) in [6, 6.07) is 9.86. The molecule has 0 bridgehead atoms. The Labute approximate surface area is 140 Å². The van der Waals surface area contributed by atoms with Gasteiger partial charge in [0, 0.05) is 0 Å². The van der Waals surface area contributed by atoms with Crippen molar-refractivity contribution in [3.8, 4) is 0 Å². The molecule has 1 aliphatic carbocycles. The zero-order valence-electron chi connectivity index (χ0n) is 13.7. The van der Waals surface area contributed by atoms with Crippen LogP contribution in [0.15, 0.2) is 42.9 Å². The summed E-state index contributed by atoms with van der Waals surface area (Å²) in [6.07, 6.45) is 3.93. The highest BCUT2D eigenvalue weighted by molar-refractivity contribution is 5.87. The highest BCUT2D eigenvalue weighted by Crippen LogP contribution is 2.32. The van der Waals surface area contributed by atoms with Gasteiger partial charge >= 0.3 is 11.9 Å².